The first-order valence-electron chi connectivity index (χ1n) is 7.18. The molecule has 0 amide bonds. The summed E-state index contributed by atoms with van der Waals surface area (Å²) in [5.74, 6) is 1.65. The monoisotopic (exact) mass is 300 g/mol. The SMILES string of the molecule is CCCNc1cc(Nc2ccccc2C(=O)OC)nc(C)n1. The number of rotatable bonds is 6. The molecule has 0 radical (unpaired) electrons. The third-order valence-electron chi connectivity index (χ3n) is 2.99. The van der Waals surface area contributed by atoms with Crippen molar-refractivity contribution in [1.29, 1.82) is 0 Å². The summed E-state index contributed by atoms with van der Waals surface area (Å²) in [6, 6.07) is 8.97. The smallest absolute Gasteiger partial charge is 0.339 e. The Morgan fingerprint density at radius 3 is 2.68 bits per heavy atom. The molecule has 0 spiro atoms. The molecule has 6 nitrogen and oxygen atoms in total. The van der Waals surface area contributed by atoms with Crippen LogP contribution in [-0.4, -0.2) is 29.6 Å². The van der Waals surface area contributed by atoms with Gasteiger partial charge < -0.3 is 15.4 Å². The highest BCUT2D eigenvalue weighted by molar-refractivity contribution is 5.96. The number of hydrogen-bond acceptors (Lipinski definition) is 6. The number of nitrogens with one attached hydrogen (secondary N) is 2. The lowest BCUT2D eigenvalue weighted by atomic mass is 10.2. The van der Waals surface area contributed by atoms with Crippen molar-refractivity contribution in [2.24, 2.45) is 0 Å². The van der Waals surface area contributed by atoms with Gasteiger partial charge in [-0.2, -0.15) is 0 Å². The Balaban J connectivity index is 2.27. The number of hydrogen-bond donors (Lipinski definition) is 2. The summed E-state index contributed by atoms with van der Waals surface area (Å²) in [7, 11) is 1.36. The highest BCUT2D eigenvalue weighted by Gasteiger charge is 2.12. The van der Waals surface area contributed by atoms with Gasteiger partial charge in [-0.25, -0.2) is 14.8 Å². The topological polar surface area (TPSA) is 76.1 Å². The molecule has 0 atom stereocenters. The van der Waals surface area contributed by atoms with Crippen LogP contribution in [0.2, 0.25) is 0 Å². The van der Waals surface area contributed by atoms with Crippen LogP contribution in [0.25, 0.3) is 0 Å². The lowest BCUT2D eigenvalue weighted by Crippen LogP contribution is -2.08. The summed E-state index contributed by atoms with van der Waals surface area (Å²) >= 11 is 0. The lowest BCUT2D eigenvalue weighted by Gasteiger charge is -2.12. The number of ether oxygens (including phenoxy) is 1. The highest BCUT2D eigenvalue weighted by atomic mass is 16.5. The second-order valence-corrected chi connectivity index (χ2v) is 4.77. The van der Waals surface area contributed by atoms with E-state index < -0.39 is 5.97 Å². The van der Waals surface area contributed by atoms with Gasteiger partial charge in [0.2, 0.25) is 0 Å². The van der Waals surface area contributed by atoms with Crippen LogP contribution in [0.1, 0.15) is 29.5 Å². The predicted octanol–water partition coefficient (Wildman–Crippen LogP) is 3.14. The second kappa shape index (κ2) is 7.40. The van der Waals surface area contributed by atoms with E-state index >= 15 is 0 Å². The van der Waals surface area contributed by atoms with Gasteiger partial charge in [-0.05, 0) is 25.5 Å². The molecule has 0 bridgehead atoms. The fourth-order valence-corrected chi connectivity index (χ4v) is 1.99. The summed E-state index contributed by atoms with van der Waals surface area (Å²) in [6.07, 6.45) is 1.01. The van der Waals surface area contributed by atoms with Crippen molar-refractivity contribution in [3.05, 3.63) is 41.7 Å². The molecule has 0 aliphatic heterocycles. The van der Waals surface area contributed by atoms with Gasteiger partial charge in [0.15, 0.2) is 0 Å². The molecule has 116 valence electrons. The molecule has 22 heavy (non-hydrogen) atoms. The van der Waals surface area contributed by atoms with E-state index in [0.717, 1.165) is 18.8 Å². The standard InChI is InChI=1S/C16H20N4O2/c1-4-9-17-14-10-15(19-11(2)18-14)20-13-8-6-5-7-12(13)16(21)22-3/h5-8,10H,4,9H2,1-3H3,(H2,17,18,19,20). The molecule has 0 fully saturated rings. The van der Waals surface area contributed by atoms with Gasteiger partial charge in [0.25, 0.3) is 0 Å². The molecule has 2 rings (SSSR count). The molecule has 0 saturated heterocycles. The third kappa shape index (κ3) is 3.94. The number of carbonyl (C=O) groups is 1. The van der Waals surface area contributed by atoms with Crippen LogP contribution >= 0.6 is 0 Å². The Bertz CT molecular complexity index is 658. The number of benzene rings is 1. The molecule has 2 aromatic rings. The van der Waals surface area contributed by atoms with Crippen LogP contribution in [0, 0.1) is 6.92 Å². The first kappa shape index (κ1) is 15.8. The fourth-order valence-electron chi connectivity index (χ4n) is 1.99. The quantitative estimate of drug-likeness (QED) is 0.798. The molecule has 1 heterocycles. The molecule has 1 aromatic carbocycles. The number of aryl methyl sites for hydroxylation is 1. The third-order valence-corrected chi connectivity index (χ3v) is 2.99. The van der Waals surface area contributed by atoms with E-state index in [4.69, 9.17) is 4.74 Å². The van der Waals surface area contributed by atoms with Crippen molar-refractivity contribution in [3.8, 4) is 0 Å². The normalized spacial score (nSPS) is 10.1. The van der Waals surface area contributed by atoms with Crippen molar-refractivity contribution in [2.45, 2.75) is 20.3 Å². The van der Waals surface area contributed by atoms with Crippen LogP contribution in [0.4, 0.5) is 17.3 Å². The molecule has 6 heteroatoms. The van der Waals surface area contributed by atoms with Gasteiger partial charge in [-0.1, -0.05) is 19.1 Å². The van der Waals surface area contributed by atoms with Gasteiger partial charge in [0.05, 0.1) is 18.4 Å². The summed E-state index contributed by atoms with van der Waals surface area (Å²) in [4.78, 5) is 20.5. The average molecular weight is 300 g/mol. The maximum absolute atomic E-state index is 11.8. The van der Waals surface area contributed by atoms with Crippen molar-refractivity contribution < 1.29 is 9.53 Å². The number of methoxy groups -OCH3 is 1. The lowest BCUT2D eigenvalue weighted by molar-refractivity contribution is 0.0602. The fraction of sp³-hybridized carbons (Fsp3) is 0.312. The molecule has 0 aliphatic rings. The number of esters is 1. The number of aromatic nitrogens is 2. The molecule has 2 N–H and O–H groups in total. The Morgan fingerprint density at radius 1 is 1.23 bits per heavy atom. The minimum atomic E-state index is -0.391. The van der Waals surface area contributed by atoms with Crippen molar-refractivity contribution in [2.75, 3.05) is 24.3 Å². The van der Waals surface area contributed by atoms with Crippen LogP contribution in [0.15, 0.2) is 30.3 Å². The molecule has 0 aliphatic carbocycles. The minimum absolute atomic E-state index is 0.391. The van der Waals surface area contributed by atoms with Gasteiger partial charge in [-0.3, -0.25) is 0 Å². The van der Waals surface area contributed by atoms with Crippen LogP contribution in [0.3, 0.4) is 0 Å². The first-order valence-corrected chi connectivity index (χ1v) is 7.18. The zero-order valence-electron chi connectivity index (χ0n) is 13.0. The van der Waals surface area contributed by atoms with E-state index in [2.05, 4.69) is 27.5 Å². The highest BCUT2D eigenvalue weighted by Crippen LogP contribution is 2.21. The Kier molecular flexibility index (Phi) is 5.30. The zero-order valence-corrected chi connectivity index (χ0v) is 13.0. The predicted molar refractivity (Wildman–Crippen MR) is 86.6 cm³/mol. The zero-order chi connectivity index (χ0) is 15.9. The van der Waals surface area contributed by atoms with Gasteiger partial charge in [-0.15, -0.1) is 0 Å². The van der Waals surface area contributed by atoms with Crippen LogP contribution < -0.4 is 10.6 Å². The number of carbonyl (C=O) groups excluding carboxylic acids is 1. The Morgan fingerprint density at radius 2 is 1.95 bits per heavy atom. The van der Waals surface area contributed by atoms with Gasteiger partial charge >= 0.3 is 5.97 Å². The summed E-state index contributed by atoms with van der Waals surface area (Å²) in [5, 5.41) is 6.38. The Hall–Kier alpha value is -2.63. The number of nitrogens with zero attached hydrogens (tertiary/aromatic N) is 2. The van der Waals surface area contributed by atoms with Crippen molar-refractivity contribution >= 4 is 23.3 Å². The molecule has 1 aromatic heterocycles. The molecule has 0 unspecified atom stereocenters. The van der Waals surface area contributed by atoms with Crippen molar-refractivity contribution in [3.63, 3.8) is 0 Å². The van der Waals surface area contributed by atoms with E-state index in [-0.39, 0.29) is 0 Å². The average Bonchev–Trinajstić information content (AvgIpc) is 2.52. The van der Waals surface area contributed by atoms with Gasteiger partial charge in [0.1, 0.15) is 17.5 Å². The molecular formula is C16H20N4O2. The Labute approximate surface area is 129 Å². The first-order chi connectivity index (χ1) is 10.6. The maximum atomic E-state index is 11.8. The molecular weight excluding hydrogens is 280 g/mol. The van der Waals surface area contributed by atoms with Crippen LogP contribution in [0.5, 0.6) is 0 Å². The van der Waals surface area contributed by atoms with E-state index in [0.29, 0.717) is 22.9 Å². The van der Waals surface area contributed by atoms with E-state index in [1.165, 1.54) is 7.11 Å². The van der Waals surface area contributed by atoms with Gasteiger partial charge in [0, 0.05) is 12.6 Å². The van der Waals surface area contributed by atoms with E-state index in [1.54, 1.807) is 12.1 Å². The molecule has 0 saturated carbocycles. The van der Waals surface area contributed by atoms with Crippen LogP contribution in [-0.2, 0) is 4.74 Å². The summed E-state index contributed by atoms with van der Waals surface area (Å²) < 4.78 is 4.79. The number of anilines is 3. The second-order valence-electron chi connectivity index (χ2n) is 4.77. The number of para-hydroxylation sites is 1. The maximum Gasteiger partial charge on any atom is 0.339 e. The minimum Gasteiger partial charge on any atom is -0.465 e. The summed E-state index contributed by atoms with van der Waals surface area (Å²) in [6.45, 7) is 4.76. The van der Waals surface area contributed by atoms with E-state index in [9.17, 15) is 4.79 Å². The van der Waals surface area contributed by atoms with E-state index in [1.807, 2.05) is 25.1 Å². The van der Waals surface area contributed by atoms with Crippen molar-refractivity contribution in [1.82, 2.24) is 9.97 Å². The largest absolute Gasteiger partial charge is 0.465 e. The summed E-state index contributed by atoms with van der Waals surface area (Å²) in [5.41, 5.74) is 1.11.